The van der Waals surface area contributed by atoms with Crippen molar-refractivity contribution in [3.05, 3.63) is 106 Å². The second-order valence-corrected chi connectivity index (χ2v) is 9.88. The summed E-state index contributed by atoms with van der Waals surface area (Å²) in [5, 5.41) is 41.0. The number of rotatable bonds is 8. The van der Waals surface area contributed by atoms with E-state index in [2.05, 4.69) is 43.2 Å². The number of benzene rings is 2. The van der Waals surface area contributed by atoms with Crippen LogP contribution in [0.4, 0.5) is 11.6 Å². The first-order valence-electron chi connectivity index (χ1n) is 13.3. The van der Waals surface area contributed by atoms with Crippen molar-refractivity contribution >= 4 is 23.5 Å². The molecule has 41 heavy (non-hydrogen) atoms. The Labute approximate surface area is 237 Å². The number of nitriles is 2. The van der Waals surface area contributed by atoms with E-state index < -0.39 is 0 Å². The smallest absolute Gasteiger partial charge is 0.230 e. The van der Waals surface area contributed by atoms with Gasteiger partial charge >= 0.3 is 0 Å². The van der Waals surface area contributed by atoms with Crippen LogP contribution in [0.1, 0.15) is 64.7 Å². The summed E-state index contributed by atoms with van der Waals surface area (Å²) in [4.78, 5) is 24.9. The molecule has 1 fully saturated rings. The van der Waals surface area contributed by atoms with Crippen molar-refractivity contribution in [1.82, 2.24) is 20.4 Å². The molecule has 1 saturated carbocycles. The van der Waals surface area contributed by atoms with Crippen LogP contribution in [-0.4, -0.2) is 32.2 Å². The van der Waals surface area contributed by atoms with E-state index >= 15 is 0 Å². The van der Waals surface area contributed by atoms with Gasteiger partial charge in [0.2, 0.25) is 11.8 Å². The molecule has 1 aliphatic rings. The van der Waals surface area contributed by atoms with E-state index in [1.165, 1.54) is 0 Å². The maximum atomic E-state index is 12.4. The number of anilines is 2. The van der Waals surface area contributed by atoms with Crippen LogP contribution >= 0.6 is 0 Å². The van der Waals surface area contributed by atoms with Crippen LogP contribution in [0.25, 0.3) is 0 Å². The fourth-order valence-electron chi connectivity index (χ4n) is 5.06. The quantitative estimate of drug-likeness (QED) is 0.331. The lowest BCUT2D eigenvalue weighted by Gasteiger charge is -2.11. The number of carbonyl (C=O) groups excluding carboxylic acids is 2. The van der Waals surface area contributed by atoms with Gasteiger partial charge in [-0.15, -0.1) is 10.2 Å². The van der Waals surface area contributed by atoms with Gasteiger partial charge in [-0.3, -0.25) is 9.59 Å². The van der Waals surface area contributed by atoms with Gasteiger partial charge in [0.05, 0.1) is 47.5 Å². The molecule has 0 bridgehead atoms. The zero-order valence-electron chi connectivity index (χ0n) is 22.1. The molecule has 0 radical (unpaired) electrons. The highest BCUT2D eigenvalue weighted by atomic mass is 16.2. The first-order chi connectivity index (χ1) is 20.0. The van der Waals surface area contributed by atoms with Gasteiger partial charge in [0.25, 0.3) is 0 Å². The summed E-state index contributed by atoms with van der Waals surface area (Å²) in [6, 6.07) is 25.5. The Bertz CT molecular complexity index is 1520. The molecule has 2 aromatic carbocycles. The molecule has 10 nitrogen and oxygen atoms in total. The molecule has 0 aliphatic heterocycles. The van der Waals surface area contributed by atoms with Crippen LogP contribution in [0, 0.1) is 22.7 Å². The van der Waals surface area contributed by atoms with Crippen molar-refractivity contribution in [3.8, 4) is 12.1 Å². The molecule has 2 heterocycles. The molecule has 202 valence electrons. The maximum Gasteiger partial charge on any atom is 0.230 e. The molecule has 2 aromatic heterocycles. The minimum absolute atomic E-state index is 0.0795. The summed E-state index contributed by atoms with van der Waals surface area (Å²) in [7, 11) is 0. The third-order valence-electron chi connectivity index (χ3n) is 7.15. The van der Waals surface area contributed by atoms with Crippen LogP contribution in [0.5, 0.6) is 0 Å². The number of hydrogen-bond donors (Lipinski definition) is 2. The van der Waals surface area contributed by atoms with Crippen LogP contribution < -0.4 is 10.6 Å². The predicted octanol–water partition coefficient (Wildman–Crippen LogP) is 4.42. The Morgan fingerprint density at radius 2 is 1.10 bits per heavy atom. The van der Waals surface area contributed by atoms with E-state index in [1.54, 1.807) is 60.7 Å². The summed E-state index contributed by atoms with van der Waals surface area (Å²) in [5.41, 5.74) is 3.98. The van der Waals surface area contributed by atoms with Gasteiger partial charge in [-0.2, -0.15) is 20.7 Å². The molecular weight excluding hydrogens is 516 g/mol. The van der Waals surface area contributed by atoms with Gasteiger partial charge in [-0.1, -0.05) is 36.4 Å². The minimum Gasteiger partial charge on any atom is -0.309 e. The normalized spacial score (nSPS) is 15.9. The standard InChI is InChI=1S/C31H26N8O2/c32-18-24-7-3-1-5-20(24)16-30(40)34-28-13-11-26(36-38-28)22-9-10-23(15-22)27-12-14-29(39-37-27)35-31(41)17-21-6-2-4-8-25(21)19-33/h1-8,11-14,22-23H,9-10,15-17H2,(H,34,38,40)(H,35,39,41). The van der Waals surface area contributed by atoms with Crippen molar-refractivity contribution in [2.75, 3.05) is 10.6 Å². The molecular formula is C31H26N8O2. The molecule has 5 rings (SSSR count). The summed E-state index contributed by atoms with van der Waals surface area (Å²) in [6.45, 7) is 0. The Balaban J connectivity index is 1.13. The topological polar surface area (TPSA) is 157 Å². The van der Waals surface area contributed by atoms with Crippen molar-refractivity contribution < 1.29 is 9.59 Å². The Morgan fingerprint density at radius 3 is 1.49 bits per heavy atom. The lowest BCUT2D eigenvalue weighted by Crippen LogP contribution is -2.16. The highest BCUT2D eigenvalue weighted by molar-refractivity contribution is 5.92. The van der Waals surface area contributed by atoms with Crippen molar-refractivity contribution in [2.24, 2.45) is 0 Å². The van der Waals surface area contributed by atoms with E-state index in [0.717, 1.165) is 30.7 Å². The van der Waals surface area contributed by atoms with Crippen molar-refractivity contribution in [3.63, 3.8) is 0 Å². The molecule has 2 unspecified atom stereocenters. The highest BCUT2D eigenvalue weighted by Crippen LogP contribution is 2.42. The third-order valence-corrected chi connectivity index (χ3v) is 7.15. The van der Waals surface area contributed by atoms with Crippen molar-refractivity contribution in [1.29, 1.82) is 10.5 Å². The Kier molecular flexibility index (Phi) is 8.32. The Morgan fingerprint density at radius 1 is 0.659 bits per heavy atom. The fraction of sp³-hybridized carbons (Fsp3) is 0.226. The molecule has 0 saturated heterocycles. The number of nitrogens with zero attached hydrogens (tertiary/aromatic N) is 6. The average molecular weight is 543 g/mol. The largest absolute Gasteiger partial charge is 0.309 e. The van der Waals surface area contributed by atoms with E-state index in [0.29, 0.717) is 33.9 Å². The van der Waals surface area contributed by atoms with Crippen molar-refractivity contribution in [2.45, 2.75) is 43.9 Å². The molecule has 2 atom stereocenters. The first kappa shape index (κ1) is 27.1. The number of nitrogens with one attached hydrogen (secondary N) is 2. The van der Waals surface area contributed by atoms with E-state index in [9.17, 15) is 20.1 Å². The van der Waals surface area contributed by atoms with Gasteiger partial charge in [0.1, 0.15) is 0 Å². The van der Waals surface area contributed by atoms with Crippen LogP contribution in [-0.2, 0) is 22.4 Å². The zero-order valence-corrected chi connectivity index (χ0v) is 22.1. The first-order valence-corrected chi connectivity index (χ1v) is 13.3. The second-order valence-electron chi connectivity index (χ2n) is 9.88. The number of hydrogen-bond acceptors (Lipinski definition) is 8. The Hall–Kier alpha value is -5.48. The average Bonchev–Trinajstić information content (AvgIpc) is 3.49. The summed E-state index contributed by atoms with van der Waals surface area (Å²) >= 11 is 0. The van der Waals surface area contributed by atoms with Gasteiger partial charge in [0, 0.05) is 11.8 Å². The minimum atomic E-state index is -0.263. The predicted molar refractivity (Wildman–Crippen MR) is 150 cm³/mol. The highest BCUT2D eigenvalue weighted by Gasteiger charge is 2.29. The molecule has 1 aliphatic carbocycles. The molecule has 0 spiro atoms. The molecule has 2 N–H and O–H groups in total. The lowest BCUT2D eigenvalue weighted by molar-refractivity contribution is -0.116. The fourth-order valence-corrected chi connectivity index (χ4v) is 5.06. The van der Waals surface area contributed by atoms with Gasteiger partial charge in [0.15, 0.2) is 11.6 Å². The summed E-state index contributed by atoms with van der Waals surface area (Å²) in [6.07, 6.45) is 2.85. The molecule has 10 heteroatoms. The van der Waals surface area contributed by atoms with E-state index in [4.69, 9.17) is 0 Å². The zero-order chi connectivity index (χ0) is 28.6. The third kappa shape index (κ3) is 6.75. The maximum absolute atomic E-state index is 12.4. The number of amides is 2. The monoisotopic (exact) mass is 542 g/mol. The summed E-state index contributed by atoms with van der Waals surface area (Å²) < 4.78 is 0. The van der Waals surface area contributed by atoms with Gasteiger partial charge < -0.3 is 10.6 Å². The molecule has 2 amide bonds. The summed E-state index contributed by atoms with van der Waals surface area (Å²) in [5.74, 6) is 0.619. The number of aromatic nitrogens is 4. The van der Waals surface area contributed by atoms with Crippen LogP contribution in [0.3, 0.4) is 0 Å². The van der Waals surface area contributed by atoms with E-state index in [-0.39, 0.29) is 36.5 Å². The SMILES string of the molecule is N#Cc1ccccc1CC(=O)Nc1ccc(C2CCC(c3ccc(NC(=O)Cc4ccccc4C#N)nn3)C2)nn1. The van der Waals surface area contributed by atoms with Crippen LogP contribution in [0.15, 0.2) is 72.8 Å². The van der Waals surface area contributed by atoms with Crippen LogP contribution in [0.2, 0.25) is 0 Å². The molecule has 4 aromatic rings. The van der Waals surface area contributed by atoms with Gasteiger partial charge in [-0.05, 0) is 66.8 Å². The second kappa shape index (κ2) is 12.6. The van der Waals surface area contributed by atoms with E-state index in [1.807, 2.05) is 12.1 Å². The lowest BCUT2D eigenvalue weighted by atomic mass is 9.99. The number of carbonyl (C=O) groups is 2. The van der Waals surface area contributed by atoms with Gasteiger partial charge in [-0.25, -0.2) is 0 Å².